The molecule has 0 N–H and O–H groups in total. The second kappa shape index (κ2) is 11.1. The minimum atomic E-state index is -0.724. The SMILES string of the molecule is CC(C)(C)OC(=O)N1CCC([N+](=O)[O-])CCCCCCCCCCC1=O. The lowest BCUT2D eigenvalue weighted by Crippen LogP contribution is -2.42. The fourth-order valence-corrected chi connectivity index (χ4v) is 3.12. The van der Waals surface area contributed by atoms with Crippen molar-refractivity contribution in [3.05, 3.63) is 10.1 Å². The van der Waals surface area contributed by atoms with E-state index >= 15 is 0 Å². The number of ether oxygens (including phenoxy) is 1. The van der Waals surface area contributed by atoms with Crippen molar-refractivity contribution < 1.29 is 19.2 Å². The molecule has 0 aliphatic carbocycles. The molecule has 1 unspecified atom stereocenters. The standard InChI is InChI=1S/C19H34N2O5/c1-19(2,3)26-18(23)20-15-14-16(21(24)25)12-10-8-6-4-5-7-9-11-13-17(20)22/h16H,4-15H2,1-3H3. The molecule has 150 valence electrons. The molecular formula is C19H34N2O5. The molecule has 1 aliphatic rings. The van der Waals surface area contributed by atoms with Gasteiger partial charge in [0.2, 0.25) is 11.9 Å². The van der Waals surface area contributed by atoms with Gasteiger partial charge in [-0.05, 0) is 33.6 Å². The maximum atomic E-state index is 12.5. The first kappa shape index (κ1) is 22.4. The highest BCUT2D eigenvalue weighted by Gasteiger charge is 2.29. The van der Waals surface area contributed by atoms with E-state index in [0.29, 0.717) is 6.42 Å². The highest BCUT2D eigenvalue weighted by atomic mass is 16.6. The van der Waals surface area contributed by atoms with Gasteiger partial charge in [0.1, 0.15) is 5.60 Å². The average molecular weight is 370 g/mol. The van der Waals surface area contributed by atoms with Crippen LogP contribution in [0.25, 0.3) is 0 Å². The number of carbonyl (C=O) groups excluding carboxylic acids is 2. The number of rotatable bonds is 1. The van der Waals surface area contributed by atoms with Crippen LogP contribution in [0.2, 0.25) is 0 Å². The smallest absolute Gasteiger partial charge is 0.417 e. The highest BCUT2D eigenvalue weighted by molar-refractivity contribution is 5.92. The number of nitrogens with zero attached hydrogens (tertiary/aromatic N) is 2. The molecule has 26 heavy (non-hydrogen) atoms. The van der Waals surface area contributed by atoms with Gasteiger partial charge in [0.05, 0.1) is 0 Å². The van der Waals surface area contributed by atoms with Crippen LogP contribution in [0.1, 0.15) is 91.4 Å². The topological polar surface area (TPSA) is 89.8 Å². The van der Waals surface area contributed by atoms with Crippen LogP contribution in [0.5, 0.6) is 0 Å². The van der Waals surface area contributed by atoms with Gasteiger partial charge < -0.3 is 4.74 Å². The van der Waals surface area contributed by atoms with Crippen molar-refractivity contribution in [1.29, 1.82) is 0 Å². The Morgan fingerprint density at radius 2 is 1.58 bits per heavy atom. The molecule has 7 nitrogen and oxygen atoms in total. The predicted octanol–water partition coefficient (Wildman–Crippen LogP) is 4.70. The van der Waals surface area contributed by atoms with Crippen molar-refractivity contribution in [2.24, 2.45) is 0 Å². The molecule has 2 amide bonds. The molecule has 1 aliphatic heterocycles. The second-order valence-corrected chi connectivity index (χ2v) is 8.12. The van der Waals surface area contributed by atoms with E-state index in [9.17, 15) is 19.7 Å². The van der Waals surface area contributed by atoms with Gasteiger partial charge in [0, 0.05) is 30.7 Å². The first-order valence-electron chi connectivity index (χ1n) is 9.87. The van der Waals surface area contributed by atoms with Crippen molar-refractivity contribution in [3.8, 4) is 0 Å². The van der Waals surface area contributed by atoms with Crippen LogP contribution in [0.15, 0.2) is 0 Å². The summed E-state index contributed by atoms with van der Waals surface area (Å²) in [5.41, 5.74) is -0.711. The van der Waals surface area contributed by atoms with Gasteiger partial charge in [0.15, 0.2) is 0 Å². The minimum Gasteiger partial charge on any atom is -0.443 e. The molecule has 0 aromatic rings. The average Bonchev–Trinajstić information content (AvgIpc) is 2.52. The zero-order valence-corrected chi connectivity index (χ0v) is 16.5. The molecule has 7 heteroatoms. The number of nitro groups is 1. The van der Waals surface area contributed by atoms with Gasteiger partial charge in [-0.3, -0.25) is 14.9 Å². The van der Waals surface area contributed by atoms with Crippen LogP contribution in [0, 0.1) is 10.1 Å². The van der Waals surface area contributed by atoms with Crippen LogP contribution in [-0.2, 0) is 9.53 Å². The zero-order valence-electron chi connectivity index (χ0n) is 16.5. The molecule has 0 saturated carbocycles. The Hall–Kier alpha value is -1.66. The summed E-state index contributed by atoms with van der Waals surface area (Å²) < 4.78 is 5.33. The third kappa shape index (κ3) is 9.15. The fraction of sp³-hybridized carbons (Fsp3) is 0.895. The molecule has 0 aromatic carbocycles. The van der Waals surface area contributed by atoms with Crippen molar-refractivity contribution >= 4 is 12.0 Å². The minimum absolute atomic E-state index is 0.0411. The van der Waals surface area contributed by atoms with Crippen molar-refractivity contribution in [2.45, 2.75) is 103 Å². The Bertz CT molecular complexity index is 473. The van der Waals surface area contributed by atoms with E-state index in [4.69, 9.17) is 4.74 Å². The summed E-state index contributed by atoms with van der Waals surface area (Å²) in [4.78, 5) is 37.0. The number of imide groups is 1. The number of amides is 2. The molecule has 1 rings (SSSR count). The molecule has 0 radical (unpaired) electrons. The maximum absolute atomic E-state index is 12.5. The van der Waals surface area contributed by atoms with Crippen molar-refractivity contribution in [2.75, 3.05) is 6.54 Å². The van der Waals surface area contributed by atoms with E-state index in [1.165, 1.54) is 0 Å². The normalized spacial score (nSPS) is 22.2. The van der Waals surface area contributed by atoms with Crippen LogP contribution in [0.3, 0.4) is 0 Å². The Kier molecular flexibility index (Phi) is 9.59. The summed E-state index contributed by atoms with van der Waals surface area (Å²) in [5.74, 6) is -0.295. The summed E-state index contributed by atoms with van der Waals surface area (Å²) in [5, 5.41) is 11.3. The lowest BCUT2D eigenvalue weighted by atomic mass is 10.0. The second-order valence-electron chi connectivity index (χ2n) is 8.12. The van der Waals surface area contributed by atoms with Gasteiger partial charge in [-0.15, -0.1) is 0 Å². The van der Waals surface area contributed by atoms with Crippen LogP contribution >= 0.6 is 0 Å². The first-order chi connectivity index (χ1) is 12.2. The molecule has 1 heterocycles. The van der Waals surface area contributed by atoms with Crippen LogP contribution in [-0.4, -0.2) is 40.0 Å². The predicted molar refractivity (Wildman–Crippen MR) is 99.5 cm³/mol. The van der Waals surface area contributed by atoms with Gasteiger partial charge in [0.25, 0.3) is 0 Å². The van der Waals surface area contributed by atoms with Crippen molar-refractivity contribution in [1.82, 2.24) is 4.90 Å². The van der Waals surface area contributed by atoms with Crippen molar-refractivity contribution in [3.63, 3.8) is 0 Å². The molecule has 0 spiro atoms. The Labute approximate surface area is 156 Å². The summed E-state index contributed by atoms with van der Waals surface area (Å²) in [6.45, 7) is 5.26. The third-order valence-corrected chi connectivity index (χ3v) is 4.58. The van der Waals surface area contributed by atoms with Crippen LogP contribution in [0.4, 0.5) is 4.79 Å². The fourth-order valence-electron chi connectivity index (χ4n) is 3.12. The van der Waals surface area contributed by atoms with Gasteiger partial charge in [-0.2, -0.15) is 0 Å². The summed E-state index contributed by atoms with van der Waals surface area (Å²) >= 11 is 0. The van der Waals surface area contributed by atoms with E-state index in [1.54, 1.807) is 20.8 Å². The largest absolute Gasteiger partial charge is 0.443 e. The Morgan fingerprint density at radius 1 is 1.04 bits per heavy atom. The van der Waals surface area contributed by atoms with E-state index in [0.717, 1.165) is 56.3 Å². The van der Waals surface area contributed by atoms with Gasteiger partial charge >= 0.3 is 6.09 Å². The summed E-state index contributed by atoms with van der Waals surface area (Å²) in [6.07, 6.45) is 8.21. The van der Waals surface area contributed by atoms with Gasteiger partial charge in [-0.1, -0.05) is 38.5 Å². The highest BCUT2D eigenvalue weighted by Crippen LogP contribution is 2.18. The van der Waals surface area contributed by atoms with Gasteiger partial charge in [-0.25, -0.2) is 9.69 Å². The van der Waals surface area contributed by atoms with E-state index in [2.05, 4.69) is 0 Å². The number of hydrogen-bond acceptors (Lipinski definition) is 5. The molecule has 1 atom stereocenters. The Balaban J connectivity index is 2.82. The molecule has 1 saturated heterocycles. The molecule has 0 bridgehead atoms. The van der Waals surface area contributed by atoms with E-state index in [1.807, 2.05) is 0 Å². The lowest BCUT2D eigenvalue weighted by Gasteiger charge is -2.26. The maximum Gasteiger partial charge on any atom is 0.417 e. The Morgan fingerprint density at radius 3 is 2.12 bits per heavy atom. The molecule has 1 fully saturated rings. The van der Waals surface area contributed by atoms with Crippen LogP contribution < -0.4 is 0 Å². The molecular weight excluding hydrogens is 336 g/mol. The quantitative estimate of drug-likeness (QED) is 0.493. The molecule has 0 aromatic heterocycles. The third-order valence-electron chi connectivity index (χ3n) is 4.58. The first-order valence-corrected chi connectivity index (χ1v) is 9.87. The lowest BCUT2D eigenvalue weighted by molar-refractivity contribution is -0.524. The monoisotopic (exact) mass is 370 g/mol. The zero-order chi connectivity index (χ0) is 19.6. The van der Waals surface area contributed by atoms with E-state index < -0.39 is 17.7 Å². The summed E-state index contributed by atoms with van der Waals surface area (Å²) in [6, 6.07) is -0.724. The van der Waals surface area contributed by atoms with E-state index in [-0.39, 0.29) is 30.2 Å². The number of hydrogen-bond donors (Lipinski definition) is 0. The summed E-state index contributed by atoms with van der Waals surface area (Å²) in [7, 11) is 0. The number of carbonyl (C=O) groups is 2.